The van der Waals surface area contributed by atoms with Gasteiger partial charge >= 0.3 is 5.97 Å². The van der Waals surface area contributed by atoms with Gasteiger partial charge in [0.25, 0.3) is 0 Å². The number of rotatable bonds is 2. The molecular formula is C8H12O2. The van der Waals surface area contributed by atoms with E-state index in [-0.39, 0.29) is 0 Å². The van der Waals surface area contributed by atoms with Crippen LogP contribution in [0.15, 0.2) is 0 Å². The van der Waals surface area contributed by atoms with Gasteiger partial charge in [0.2, 0.25) is 0 Å². The van der Waals surface area contributed by atoms with Gasteiger partial charge in [-0.15, -0.1) is 0 Å². The average Bonchev–Trinajstić information content (AvgIpc) is 2.39. The van der Waals surface area contributed by atoms with Crippen molar-refractivity contribution in [3.05, 3.63) is 0 Å². The van der Waals surface area contributed by atoms with E-state index in [1.165, 1.54) is 19.3 Å². The fourth-order valence-corrected chi connectivity index (χ4v) is 2.55. The molecule has 2 bridgehead atoms. The van der Waals surface area contributed by atoms with E-state index in [1.807, 2.05) is 0 Å². The van der Waals surface area contributed by atoms with Crippen LogP contribution in [0.2, 0.25) is 0 Å². The lowest BCUT2D eigenvalue weighted by Gasteiger charge is -2.34. The molecule has 0 amide bonds. The maximum absolute atomic E-state index is 10.3. The summed E-state index contributed by atoms with van der Waals surface area (Å²) in [5, 5.41) is 8.51. The Labute approximate surface area is 60.2 Å². The van der Waals surface area contributed by atoms with Crippen molar-refractivity contribution in [2.45, 2.75) is 25.7 Å². The molecular weight excluding hydrogens is 128 g/mol. The molecule has 0 radical (unpaired) electrons. The van der Waals surface area contributed by atoms with Crippen LogP contribution in [0.5, 0.6) is 0 Å². The number of hydrogen-bond acceptors (Lipinski definition) is 1. The standard InChI is InChI=1S/C8H12O2/c9-8(10)4-7-5-1-2-6(7)3-5/h5-7H,1-4H2,(H,9,10). The maximum atomic E-state index is 10.3. The second kappa shape index (κ2) is 1.97. The van der Waals surface area contributed by atoms with Crippen molar-refractivity contribution in [3.63, 3.8) is 0 Å². The second-order valence-electron chi connectivity index (χ2n) is 3.59. The Bertz CT molecular complexity index is 151. The van der Waals surface area contributed by atoms with Gasteiger partial charge in [0.1, 0.15) is 0 Å². The second-order valence-corrected chi connectivity index (χ2v) is 3.59. The Morgan fingerprint density at radius 1 is 1.40 bits per heavy atom. The lowest BCUT2D eigenvalue weighted by atomic mass is 9.71. The first-order chi connectivity index (χ1) is 4.77. The number of carboxylic acid groups (broad SMARTS) is 1. The highest BCUT2D eigenvalue weighted by molar-refractivity contribution is 5.67. The molecule has 0 heterocycles. The van der Waals surface area contributed by atoms with Crippen LogP contribution in [0.4, 0.5) is 0 Å². The highest BCUT2D eigenvalue weighted by atomic mass is 16.4. The van der Waals surface area contributed by atoms with Crippen LogP contribution in [0.3, 0.4) is 0 Å². The van der Waals surface area contributed by atoms with Gasteiger partial charge in [-0.3, -0.25) is 4.79 Å². The van der Waals surface area contributed by atoms with Crippen molar-refractivity contribution >= 4 is 5.97 Å². The fourth-order valence-electron chi connectivity index (χ4n) is 2.55. The molecule has 3 aliphatic rings. The Hall–Kier alpha value is -0.530. The summed E-state index contributed by atoms with van der Waals surface area (Å²) < 4.78 is 0. The van der Waals surface area contributed by atoms with Crippen molar-refractivity contribution in [2.75, 3.05) is 0 Å². The van der Waals surface area contributed by atoms with Crippen molar-refractivity contribution in [3.8, 4) is 0 Å². The van der Waals surface area contributed by atoms with Gasteiger partial charge in [0, 0.05) is 6.42 Å². The highest BCUT2D eigenvalue weighted by Gasteiger charge is 2.46. The molecule has 56 valence electrons. The molecule has 1 N–H and O–H groups in total. The molecule has 0 saturated heterocycles. The summed E-state index contributed by atoms with van der Waals surface area (Å²) in [5.74, 6) is 1.50. The van der Waals surface area contributed by atoms with E-state index in [4.69, 9.17) is 5.11 Å². The van der Waals surface area contributed by atoms with E-state index in [0.29, 0.717) is 12.3 Å². The van der Waals surface area contributed by atoms with Crippen molar-refractivity contribution < 1.29 is 9.90 Å². The van der Waals surface area contributed by atoms with Crippen LogP contribution in [-0.2, 0) is 4.79 Å². The third kappa shape index (κ3) is 0.746. The van der Waals surface area contributed by atoms with Gasteiger partial charge in [-0.05, 0) is 37.0 Å². The van der Waals surface area contributed by atoms with E-state index in [2.05, 4.69) is 0 Å². The predicted octanol–water partition coefficient (Wildman–Crippen LogP) is 1.51. The van der Waals surface area contributed by atoms with E-state index in [0.717, 1.165) is 11.8 Å². The zero-order valence-corrected chi connectivity index (χ0v) is 5.92. The van der Waals surface area contributed by atoms with Crippen LogP contribution in [-0.4, -0.2) is 11.1 Å². The molecule has 2 unspecified atom stereocenters. The first kappa shape index (κ1) is 6.20. The van der Waals surface area contributed by atoms with Gasteiger partial charge in [0.15, 0.2) is 0 Å². The summed E-state index contributed by atoms with van der Waals surface area (Å²) in [6.07, 6.45) is 4.33. The molecule has 0 aromatic carbocycles. The predicted molar refractivity (Wildman–Crippen MR) is 36.6 cm³/mol. The van der Waals surface area contributed by atoms with Crippen molar-refractivity contribution in [1.82, 2.24) is 0 Å². The molecule has 10 heavy (non-hydrogen) atoms. The molecule has 0 aromatic rings. The Morgan fingerprint density at radius 3 is 2.40 bits per heavy atom. The topological polar surface area (TPSA) is 37.3 Å². The van der Waals surface area contributed by atoms with Gasteiger partial charge in [-0.1, -0.05) is 0 Å². The summed E-state index contributed by atoms with van der Waals surface area (Å²) in [4.78, 5) is 10.3. The molecule has 0 aliphatic heterocycles. The lowest BCUT2D eigenvalue weighted by Crippen LogP contribution is -2.29. The van der Waals surface area contributed by atoms with Crippen LogP contribution >= 0.6 is 0 Å². The largest absolute Gasteiger partial charge is 0.481 e. The van der Waals surface area contributed by atoms with E-state index >= 15 is 0 Å². The van der Waals surface area contributed by atoms with Gasteiger partial charge in [-0.2, -0.15) is 0 Å². The molecule has 2 atom stereocenters. The van der Waals surface area contributed by atoms with Crippen LogP contribution in [0, 0.1) is 17.8 Å². The Morgan fingerprint density at radius 2 is 2.00 bits per heavy atom. The fraction of sp³-hybridized carbons (Fsp3) is 0.875. The third-order valence-corrected chi connectivity index (χ3v) is 3.14. The maximum Gasteiger partial charge on any atom is 0.303 e. The monoisotopic (exact) mass is 140 g/mol. The minimum absolute atomic E-state index is 0.426. The van der Waals surface area contributed by atoms with Gasteiger partial charge in [0.05, 0.1) is 0 Å². The SMILES string of the molecule is O=C(O)CC1C2CCC1C2. The Kier molecular flexibility index (Phi) is 1.22. The zero-order valence-electron chi connectivity index (χ0n) is 5.92. The van der Waals surface area contributed by atoms with E-state index < -0.39 is 5.97 Å². The van der Waals surface area contributed by atoms with E-state index in [1.54, 1.807) is 0 Å². The van der Waals surface area contributed by atoms with Crippen LogP contribution < -0.4 is 0 Å². The molecule has 0 aromatic heterocycles. The first-order valence-corrected chi connectivity index (χ1v) is 3.99. The number of fused-ring (bicyclic) bond motifs is 1. The third-order valence-electron chi connectivity index (χ3n) is 3.14. The highest BCUT2D eigenvalue weighted by Crippen LogP contribution is 2.54. The lowest BCUT2D eigenvalue weighted by molar-refractivity contribution is -0.139. The number of aliphatic carboxylic acids is 1. The molecule has 2 heteroatoms. The molecule has 3 rings (SSSR count). The van der Waals surface area contributed by atoms with Gasteiger partial charge < -0.3 is 5.11 Å². The molecule has 2 nitrogen and oxygen atoms in total. The van der Waals surface area contributed by atoms with Gasteiger partial charge in [-0.25, -0.2) is 0 Å². The summed E-state index contributed by atoms with van der Waals surface area (Å²) >= 11 is 0. The van der Waals surface area contributed by atoms with E-state index in [9.17, 15) is 4.79 Å². The summed E-state index contributed by atoms with van der Waals surface area (Å²) in [6, 6.07) is 0. The minimum Gasteiger partial charge on any atom is -0.481 e. The Balaban J connectivity index is 1.91. The summed E-state index contributed by atoms with van der Waals surface area (Å²) in [5.41, 5.74) is 0. The zero-order chi connectivity index (χ0) is 7.14. The van der Waals surface area contributed by atoms with Crippen molar-refractivity contribution in [2.24, 2.45) is 17.8 Å². The average molecular weight is 140 g/mol. The number of carbonyl (C=O) groups is 1. The molecule has 3 fully saturated rings. The summed E-state index contributed by atoms with van der Waals surface area (Å²) in [7, 11) is 0. The van der Waals surface area contributed by atoms with Crippen molar-refractivity contribution in [1.29, 1.82) is 0 Å². The van der Waals surface area contributed by atoms with Crippen LogP contribution in [0.1, 0.15) is 25.7 Å². The molecule has 3 aliphatic carbocycles. The molecule has 0 spiro atoms. The molecule has 3 saturated carbocycles. The smallest absolute Gasteiger partial charge is 0.303 e. The van der Waals surface area contributed by atoms with Crippen LogP contribution in [0.25, 0.3) is 0 Å². The first-order valence-electron chi connectivity index (χ1n) is 3.99. The quantitative estimate of drug-likeness (QED) is 0.631. The number of hydrogen-bond donors (Lipinski definition) is 1. The summed E-state index contributed by atoms with van der Waals surface area (Å²) in [6.45, 7) is 0. The number of carboxylic acids is 1. The normalized spacial score (nSPS) is 43.0. The minimum atomic E-state index is -0.610.